The molecule has 0 aromatic heterocycles. The van der Waals surface area contributed by atoms with E-state index in [0.29, 0.717) is 6.17 Å². The number of nitrogens with zero attached hydrogens (tertiary/aromatic N) is 2. The van der Waals surface area contributed by atoms with Gasteiger partial charge in [-0.1, -0.05) is 6.92 Å². The van der Waals surface area contributed by atoms with Crippen molar-refractivity contribution in [2.24, 2.45) is 0 Å². The van der Waals surface area contributed by atoms with E-state index < -0.39 is 0 Å². The summed E-state index contributed by atoms with van der Waals surface area (Å²) in [7, 11) is 0. The fourth-order valence-corrected chi connectivity index (χ4v) is 1.77. The monoisotopic (exact) mass is 183 g/mol. The van der Waals surface area contributed by atoms with Gasteiger partial charge in [-0.15, -0.1) is 0 Å². The van der Waals surface area contributed by atoms with Crippen LogP contribution in [0.3, 0.4) is 0 Å². The van der Waals surface area contributed by atoms with Gasteiger partial charge in [-0.25, -0.2) is 0 Å². The zero-order valence-corrected chi connectivity index (χ0v) is 8.63. The highest BCUT2D eigenvalue weighted by atomic mass is 15.4. The third-order valence-corrected chi connectivity index (χ3v) is 2.88. The van der Waals surface area contributed by atoms with Crippen LogP contribution < -0.4 is 5.32 Å². The summed E-state index contributed by atoms with van der Waals surface area (Å²) in [5.74, 6) is 0. The Morgan fingerprint density at radius 3 is 2.54 bits per heavy atom. The Morgan fingerprint density at radius 2 is 2.00 bits per heavy atom. The molecule has 3 heteroatoms. The topological polar surface area (TPSA) is 18.0 Å². The van der Waals surface area contributed by atoms with Crippen LogP contribution in [0.5, 0.6) is 0 Å². The second-order valence-corrected chi connectivity index (χ2v) is 4.11. The van der Waals surface area contributed by atoms with Gasteiger partial charge in [0.2, 0.25) is 0 Å². The molecule has 13 heavy (non-hydrogen) atoms. The summed E-state index contributed by atoms with van der Waals surface area (Å²) in [5, 5.41) is 3.61. The number of nitrogens with one attached hydrogen (secondary N) is 1. The Labute approximate surface area is 81.1 Å². The molecule has 0 aliphatic carbocycles. The summed E-state index contributed by atoms with van der Waals surface area (Å²) >= 11 is 0. The van der Waals surface area contributed by atoms with Crippen molar-refractivity contribution >= 4 is 0 Å². The Hall–Kier alpha value is -0.120. The molecular weight excluding hydrogens is 162 g/mol. The van der Waals surface area contributed by atoms with Crippen LogP contribution in [-0.4, -0.2) is 55.2 Å². The molecule has 3 nitrogen and oxygen atoms in total. The predicted octanol–water partition coefficient (Wildman–Crippen LogP) is 0.333. The Bertz CT molecular complexity index is 152. The molecule has 1 unspecified atom stereocenters. The van der Waals surface area contributed by atoms with Crippen LogP contribution in [0.4, 0.5) is 0 Å². The fraction of sp³-hybridized carbons (Fsp3) is 1.00. The van der Waals surface area contributed by atoms with Crippen molar-refractivity contribution in [2.75, 3.05) is 39.3 Å². The van der Waals surface area contributed by atoms with Crippen LogP contribution in [0.25, 0.3) is 0 Å². The van der Waals surface area contributed by atoms with Gasteiger partial charge in [0.25, 0.3) is 0 Å². The Morgan fingerprint density at radius 1 is 1.23 bits per heavy atom. The van der Waals surface area contributed by atoms with E-state index in [1.807, 2.05) is 0 Å². The van der Waals surface area contributed by atoms with Crippen molar-refractivity contribution < 1.29 is 0 Å². The highest BCUT2D eigenvalue weighted by Gasteiger charge is 2.25. The Kier molecular flexibility index (Phi) is 3.19. The van der Waals surface area contributed by atoms with Crippen molar-refractivity contribution in [1.82, 2.24) is 15.1 Å². The zero-order chi connectivity index (χ0) is 9.10. The summed E-state index contributed by atoms with van der Waals surface area (Å²) in [4.78, 5) is 4.98. The minimum absolute atomic E-state index is 0.661. The molecule has 0 radical (unpaired) electrons. The van der Waals surface area contributed by atoms with E-state index in [-0.39, 0.29) is 0 Å². The second kappa shape index (κ2) is 4.40. The third kappa shape index (κ3) is 3.25. The van der Waals surface area contributed by atoms with E-state index in [1.54, 1.807) is 0 Å². The lowest BCUT2D eigenvalue weighted by Crippen LogP contribution is -2.36. The summed E-state index contributed by atoms with van der Waals surface area (Å²) in [6.07, 6.45) is 3.21. The van der Waals surface area contributed by atoms with Crippen LogP contribution >= 0.6 is 0 Å². The van der Waals surface area contributed by atoms with Crippen LogP contribution in [0.15, 0.2) is 0 Å². The van der Waals surface area contributed by atoms with E-state index in [4.69, 9.17) is 0 Å². The molecule has 0 aromatic rings. The molecule has 0 amide bonds. The summed E-state index contributed by atoms with van der Waals surface area (Å²) < 4.78 is 0. The average molecular weight is 183 g/mol. The molecule has 2 aliphatic heterocycles. The molecular formula is C10H21N3. The number of hydrogen-bond acceptors (Lipinski definition) is 3. The standard InChI is InChI=1S/C10H21N3/c1-2-10(13-8-9-13)11-4-3-5-12-6-7-12/h10-11H,2-9H2,1H3. The van der Waals surface area contributed by atoms with Crippen LogP contribution in [0.2, 0.25) is 0 Å². The highest BCUT2D eigenvalue weighted by molar-refractivity contribution is 4.80. The first kappa shape index (κ1) is 9.44. The third-order valence-electron chi connectivity index (χ3n) is 2.88. The summed E-state index contributed by atoms with van der Waals surface area (Å²) in [5.41, 5.74) is 0. The van der Waals surface area contributed by atoms with Gasteiger partial charge < -0.3 is 10.2 Å². The van der Waals surface area contributed by atoms with Crippen LogP contribution in [0.1, 0.15) is 19.8 Å². The SMILES string of the molecule is CCC(NCCCN1CC1)N1CC1. The lowest BCUT2D eigenvalue weighted by molar-refractivity contribution is 0.316. The molecule has 0 aromatic carbocycles. The van der Waals surface area contributed by atoms with Gasteiger partial charge in [0.05, 0.1) is 6.17 Å². The summed E-state index contributed by atoms with van der Waals surface area (Å²) in [6, 6.07) is 0. The van der Waals surface area contributed by atoms with Crippen molar-refractivity contribution in [2.45, 2.75) is 25.9 Å². The van der Waals surface area contributed by atoms with Crippen molar-refractivity contribution in [3.05, 3.63) is 0 Å². The quantitative estimate of drug-likeness (QED) is 0.453. The molecule has 1 atom stereocenters. The maximum absolute atomic E-state index is 3.61. The average Bonchev–Trinajstić information content (AvgIpc) is 2.99. The van der Waals surface area contributed by atoms with Gasteiger partial charge in [-0.3, -0.25) is 4.90 Å². The van der Waals surface area contributed by atoms with E-state index >= 15 is 0 Å². The largest absolute Gasteiger partial charge is 0.302 e. The van der Waals surface area contributed by atoms with E-state index in [9.17, 15) is 0 Å². The lowest BCUT2D eigenvalue weighted by Gasteiger charge is -2.17. The van der Waals surface area contributed by atoms with Crippen molar-refractivity contribution in [1.29, 1.82) is 0 Å². The molecule has 2 heterocycles. The van der Waals surface area contributed by atoms with Crippen LogP contribution in [0, 0.1) is 0 Å². The van der Waals surface area contributed by atoms with E-state index in [2.05, 4.69) is 22.0 Å². The smallest absolute Gasteiger partial charge is 0.0595 e. The fourth-order valence-electron chi connectivity index (χ4n) is 1.77. The van der Waals surface area contributed by atoms with Gasteiger partial charge >= 0.3 is 0 Å². The predicted molar refractivity (Wildman–Crippen MR) is 54.7 cm³/mol. The van der Waals surface area contributed by atoms with Gasteiger partial charge in [-0.05, 0) is 25.9 Å². The van der Waals surface area contributed by atoms with Gasteiger partial charge in [0.1, 0.15) is 0 Å². The number of rotatable bonds is 7. The normalized spacial score (nSPS) is 24.7. The van der Waals surface area contributed by atoms with Crippen molar-refractivity contribution in [3.8, 4) is 0 Å². The molecule has 2 rings (SSSR count). The molecule has 2 aliphatic rings. The molecule has 0 bridgehead atoms. The maximum Gasteiger partial charge on any atom is 0.0595 e. The molecule has 1 N–H and O–H groups in total. The summed E-state index contributed by atoms with van der Waals surface area (Å²) in [6.45, 7) is 10.0. The highest BCUT2D eigenvalue weighted by Crippen LogP contribution is 2.11. The first-order valence-corrected chi connectivity index (χ1v) is 5.60. The number of hydrogen-bond donors (Lipinski definition) is 1. The maximum atomic E-state index is 3.61. The van der Waals surface area contributed by atoms with E-state index in [0.717, 1.165) is 0 Å². The molecule has 0 spiro atoms. The molecule has 2 fully saturated rings. The van der Waals surface area contributed by atoms with Gasteiger partial charge in [0.15, 0.2) is 0 Å². The van der Waals surface area contributed by atoms with Crippen LogP contribution in [-0.2, 0) is 0 Å². The van der Waals surface area contributed by atoms with E-state index in [1.165, 1.54) is 52.1 Å². The van der Waals surface area contributed by atoms with Gasteiger partial charge in [-0.2, -0.15) is 0 Å². The van der Waals surface area contributed by atoms with Gasteiger partial charge in [0, 0.05) is 26.2 Å². The Balaban J connectivity index is 1.49. The first-order valence-electron chi connectivity index (χ1n) is 5.60. The first-order chi connectivity index (χ1) is 6.40. The molecule has 2 saturated heterocycles. The zero-order valence-electron chi connectivity index (χ0n) is 8.63. The molecule has 76 valence electrons. The minimum atomic E-state index is 0.661. The second-order valence-electron chi connectivity index (χ2n) is 4.11. The minimum Gasteiger partial charge on any atom is -0.302 e. The van der Waals surface area contributed by atoms with Crippen molar-refractivity contribution in [3.63, 3.8) is 0 Å². The molecule has 0 saturated carbocycles. The lowest BCUT2D eigenvalue weighted by atomic mass is 10.3.